The van der Waals surface area contributed by atoms with E-state index in [4.69, 9.17) is 0 Å². The van der Waals surface area contributed by atoms with Crippen LogP contribution in [0.25, 0.3) is 0 Å². The molecule has 3 atom stereocenters. The molecule has 0 saturated heterocycles. The van der Waals surface area contributed by atoms with Gasteiger partial charge in [-0.05, 0) is 54.6 Å². The molecule has 0 aliphatic heterocycles. The zero-order valence-corrected chi connectivity index (χ0v) is 19.7. The zero-order chi connectivity index (χ0) is 24.5. The van der Waals surface area contributed by atoms with Crippen molar-refractivity contribution in [3.63, 3.8) is 0 Å². The van der Waals surface area contributed by atoms with Crippen LogP contribution in [0.2, 0.25) is 0 Å². The predicted octanol–water partition coefficient (Wildman–Crippen LogP) is 3.68. The monoisotopic (exact) mass is 492 g/mol. The number of benzene rings is 2. The van der Waals surface area contributed by atoms with E-state index >= 15 is 0 Å². The molecular formula is C24H27F3N4O2S. The molecule has 0 saturated carbocycles. The number of rotatable bonds is 8. The molecule has 0 spiro atoms. The minimum absolute atomic E-state index is 0.0108. The Bertz CT molecular complexity index is 1260. The summed E-state index contributed by atoms with van der Waals surface area (Å²) >= 11 is 0. The van der Waals surface area contributed by atoms with Crippen molar-refractivity contribution in [3.8, 4) is 0 Å². The SMILES string of the molecule is CNCC1C(CNS(=O)(=O)c2cn(C)cn2)c2ccccc2C1Cc1cccc(C(F)(F)F)c1. The summed E-state index contributed by atoms with van der Waals surface area (Å²) in [5.41, 5.74) is 2.00. The van der Waals surface area contributed by atoms with Gasteiger partial charge in [0.1, 0.15) is 0 Å². The smallest absolute Gasteiger partial charge is 0.339 e. The second-order valence-electron chi connectivity index (χ2n) is 8.69. The Morgan fingerprint density at radius 3 is 2.35 bits per heavy atom. The fraction of sp³-hybridized carbons (Fsp3) is 0.375. The summed E-state index contributed by atoms with van der Waals surface area (Å²) < 4.78 is 69.6. The standard InChI is InChI=1S/C24H27F3N4O2S/c1-28-12-21-20(11-16-6-5-7-17(10-16)24(25,26)27)18-8-3-4-9-19(18)22(21)13-30-34(32,33)23-14-31(2)15-29-23/h3-10,14-15,20-22,28,30H,11-13H2,1-2H3. The Labute approximate surface area is 197 Å². The summed E-state index contributed by atoms with van der Waals surface area (Å²) in [5, 5.41) is 3.14. The lowest BCUT2D eigenvalue weighted by Crippen LogP contribution is -2.34. The summed E-state index contributed by atoms with van der Waals surface area (Å²) in [4.78, 5) is 3.94. The van der Waals surface area contributed by atoms with Crippen LogP contribution in [0.4, 0.5) is 13.2 Å². The third-order valence-electron chi connectivity index (χ3n) is 6.43. The molecule has 0 amide bonds. The van der Waals surface area contributed by atoms with Crippen LogP contribution in [0.5, 0.6) is 0 Å². The summed E-state index contributed by atoms with van der Waals surface area (Å²) in [7, 11) is -0.280. The number of aromatic nitrogens is 2. The average molecular weight is 493 g/mol. The normalized spacial score (nSPS) is 20.4. The average Bonchev–Trinajstić information content (AvgIpc) is 3.35. The molecule has 4 rings (SSSR count). The number of aryl methyl sites for hydroxylation is 1. The van der Waals surface area contributed by atoms with Gasteiger partial charge in [-0.25, -0.2) is 18.1 Å². The molecule has 6 nitrogen and oxygen atoms in total. The van der Waals surface area contributed by atoms with Crippen molar-refractivity contribution < 1.29 is 21.6 Å². The molecular weight excluding hydrogens is 465 g/mol. The van der Waals surface area contributed by atoms with E-state index in [1.54, 1.807) is 17.7 Å². The maximum atomic E-state index is 13.3. The van der Waals surface area contributed by atoms with E-state index in [1.807, 2.05) is 31.3 Å². The van der Waals surface area contributed by atoms with Gasteiger partial charge in [0.25, 0.3) is 10.0 Å². The Kier molecular flexibility index (Phi) is 6.84. The van der Waals surface area contributed by atoms with Gasteiger partial charge < -0.3 is 9.88 Å². The van der Waals surface area contributed by atoms with E-state index in [9.17, 15) is 21.6 Å². The summed E-state index contributed by atoms with van der Waals surface area (Å²) in [6, 6.07) is 13.2. The summed E-state index contributed by atoms with van der Waals surface area (Å²) in [5.74, 6) is -0.210. The Morgan fingerprint density at radius 2 is 1.74 bits per heavy atom. The van der Waals surface area contributed by atoms with E-state index in [2.05, 4.69) is 15.0 Å². The first-order chi connectivity index (χ1) is 16.1. The van der Waals surface area contributed by atoms with Gasteiger partial charge in [0.05, 0.1) is 11.9 Å². The highest BCUT2D eigenvalue weighted by molar-refractivity contribution is 7.89. The van der Waals surface area contributed by atoms with Crippen LogP contribution in [-0.2, 0) is 29.7 Å². The molecule has 1 aliphatic carbocycles. The van der Waals surface area contributed by atoms with Crippen LogP contribution >= 0.6 is 0 Å². The van der Waals surface area contributed by atoms with Gasteiger partial charge in [0, 0.05) is 25.7 Å². The molecule has 2 aromatic carbocycles. The highest BCUT2D eigenvalue weighted by Gasteiger charge is 2.40. The van der Waals surface area contributed by atoms with Crippen molar-refractivity contribution in [1.82, 2.24) is 19.6 Å². The zero-order valence-electron chi connectivity index (χ0n) is 18.9. The highest BCUT2D eigenvalue weighted by atomic mass is 32.2. The van der Waals surface area contributed by atoms with Crippen molar-refractivity contribution in [2.24, 2.45) is 13.0 Å². The molecule has 34 heavy (non-hydrogen) atoms. The first kappa shape index (κ1) is 24.4. The Balaban J connectivity index is 1.62. The topological polar surface area (TPSA) is 76.0 Å². The summed E-state index contributed by atoms with van der Waals surface area (Å²) in [6.45, 7) is 0.760. The molecule has 10 heteroatoms. The molecule has 0 bridgehead atoms. The first-order valence-electron chi connectivity index (χ1n) is 11.0. The number of alkyl halides is 3. The minimum atomic E-state index is -4.40. The van der Waals surface area contributed by atoms with Gasteiger partial charge >= 0.3 is 6.18 Å². The fourth-order valence-corrected chi connectivity index (χ4v) is 5.94. The highest BCUT2D eigenvalue weighted by Crippen LogP contribution is 2.47. The van der Waals surface area contributed by atoms with Crippen LogP contribution in [0, 0.1) is 5.92 Å². The quantitative estimate of drug-likeness (QED) is 0.503. The second-order valence-corrected chi connectivity index (χ2v) is 10.4. The first-order valence-corrected chi connectivity index (χ1v) is 12.5. The van der Waals surface area contributed by atoms with Gasteiger partial charge in [0.15, 0.2) is 5.03 Å². The number of halogens is 3. The fourth-order valence-electron chi connectivity index (χ4n) is 4.90. The Morgan fingerprint density at radius 1 is 1.03 bits per heavy atom. The molecule has 0 radical (unpaired) electrons. The molecule has 1 aliphatic rings. The van der Waals surface area contributed by atoms with E-state index < -0.39 is 21.8 Å². The number of nitrogens with zero attached hydrogens (tertiary/aromatic N) is 2. The number of imidazole rings is 1. The van der Waals surface area contributed by atoms with Gasteiger partial charge in [-0.15, -0.1) is 0 Å². The van der Waals surface area contributed by atoms with Gasteiger partial charge in [-0.1, -0.05) is 42.5 Å². The molecule has 3 unspecified atom stereocenters. The molecule has 3 aromatic rings. The lowest BCUT2D eigenvalue weighted by atomic mass is 9.83. The third kappa shape index (κ3) is 5.03. The maximum absolute atomic E-state index is 13.3. The number of nitrogens with one attached hydrogen (secondary N) is 2. The van der Waals surface area contributed by atoms with Crippen molar-refractivity contribution >= 4 is 10.0 Å². The number of sulfonamides is 1. The molecule has 2 N–H and O–H groups in total. The molecule has 182 valence electrons. The maximum Gasteiger partial charge on any atom is 0.416 e. The van der Waals surface area contributed by atoms with E-state index in [0.29, 0.717) is 18.5 Å². The summed E-state index contributed by atoms with van der Waals surface area (Å²) in [6.07, 6.45) is -1.11. The van der Waals surface area contributed by atoms with Gasteiger partial charge in [-0.3, -0.25) is 0 Å². The van der Waals surface area contributed by atoms with Crippen LogP contribution in [-0.4, -0.2) is 38.1 Å². The largest absolute Gasteiger partial charge is 0.416 e. The molecule has 1 heterocycles. The lowest BCUT2D eigenvalue weighted by Gasteiger charge is -2.26. The molecule has 1 aromatic heterocycles. The Hall–Kier alpha value is -2.69. The van der Waals surface area contributed by atoms with Crippen molar-refractivity contribution in [2.75, 3.05) is 20.1 Å². The third-order valence-corrected chi connectivity index (χ3v) is 7.74. The molecule has 0 fully saturated rings. The minimum Gasteiger partial charge on any atom is -0.339 e. The number of fused-ring (bicyclic) bond motifs is 1. The predicted molar refractivity (Wildman–Crippen MR) is 123 cm³/mol. The number of hydrogen-bond acceptors (Lipinski definition) is 4. The van der Waals surface area contributed by atoms with E-state index in [1.165, 1.54) is 24.7 Å². The second kappa shape index (κ2) is 9.52. The van der Waals surface area contributed by atoms with Crippen LogP contribution in [0.3, 0.4) is 0 Å². The van der Waals surface area contributed by atoms with Crippen LogP contribution in [0.15, 0.2) is 66.1 Å². The van der Waals surface area contributed by atoms with Crippen LogP contribution < -0.4 is 10.0 Å². The van der Waals surface area contributed by atoms with Crippen molar-refractivity contribution in [2.45, 2.75) is 29.5 Å². The van der Waals surface area contributed by atoms with E-state index in [-0.39, 0.29) is 29.3 Å². The van der Waals surface area contributed by atoms with Gasteiger partial charge in [0.2, 0.25) is 0 Å². The van der Waals surface area contributed by atoms with Gasteiger partial charge in [-0.2, -0.15) is 13.2 Å². The number of hydrogen-bond donors (Lipinski definition) is 2. The van der Waals surface area contributed by atoms with Crippen molar-refractivity contribution in [3.05, 3.63) is 83.3 Å². The lowest BCUT2D eigenvalue weighted by molar-refractivity contribution is -0.137. The van der Waals surface area contributed by atoms with E-state index in [0.717, 1.165) is 17.2 Å². The van der Waals surface area contributed by atoms with Crippen LogP contribution in [0.1, 0.15) is 34.1 Å². The van der Waals surface area contributed by atoms with Crippen molar-refractivity contribution in [1.29, 1.82) is 0 Å².